The second-order valence-corrected chi connectivity index (χ2v) is 8.18. The maximum absolute atomic E-state index is 12.5. The molecular weight excluding hydrogens is 358 g/mol. The van der Waals surface area contributed by atoms with Gasteiger partial charge in [0.1, 0.15) is 4.88 Å². The first-order valence-corrected chi connectivity index (χ1v) is 9.69. The van der Waals surface area contributed by atoms with Crippen molar-refractivity contribution in [2.24, 2.45) is 0 Å². The van der Waals surface area contributed by atoms with Crippen molar-refractivity contribution < 1.29 is 18.3 Å². The molecule has 0 unspecified atom stereocenters. The maximum atomic E-state index is 12.5. The molecule has 0 aliphatic heterocycles. The van der Waals surface area contributed by atoms with Gasteiger partial charge in [0.25, 0.3) is 10.0 Å². The van der Waals surface area contributed by atoms with E-state index >= 15 is 0 Å². The molecule has 0 aliphatic carbocycles. The molecule has 0 bridgehead atoms. The summed E-state index contributed by atoms with van der Waals surface area (Å²) in [5, 5.41) is 9.41. The van der Waals surface area contributed by atoms with Crippen molar-refractivity contribution in [2.45, 2.75) is 11.8 Å². The van der Waals surface area contributed by atoms with E-state index in [-0.39, 0.29) is 15.5 Å². The summed E-state index contributed by atoms with van der Waals surface area (Å²) in [4.78, 5) is 12.2. The van der Waals surface area contributed by atoms with Crippen molar-refractivity contribution in [3.05, 3.63) is 71.1 Å². The second kappa shape index (κ2) is 6.70. The molecule has 2 N–H and O–H groups in total. The molecule has 0 saturated carbocycles. The van der Waals surface area contributed by atoms with Gasteiger partial charge in [-0.25, -0.2) is 13.2 Å². The summed E-state index contributed by atoms with van der Waals surface area (Å²) in [5.41, 5.74) is 1.83. The maximum Gasteiger partial charge on any atom is 0.348 e. The number of benzene rings is 2. The number of carboxylic acid groups (broad SMARTS) is 1. The average Bonchev–Trinajstić information content (AvgIpc) is 2.99. The lowest BCUT2D eigenvalue weighted by Gasteiger charge is -2.07. The van der Waals surface area contributed by atoms with Crippen LogP contribution >= 0.6 is 11.3 Å². The predicted molar refractivity (Wildman–Crippen MR) is 98.7 cm³/mol. The van der Waals surface area contributed by atoms with E-state index in [0.29, 0.717) is 4.88 Å². The highest BCUT2D eigenvalue weighted by Crippen LogP contribution is 2.35. The number of anilines is 1. The minimum Gasteiger partial charge on any atom is -0.477 e. The number of rotatable bonds is 5. The first kappa shape index (κ1) is 17.2. The van der Waals surface area contributed by atoms with Crippen LogP contribution in [0.3, 0.4) is 0 Å². The first-order valence-electron chi connectivity index (χ1n) is 7.39. The predicted octanol–water partition coefficient (Wildman–Crippen LogP) is 4.22. The van der Waals surface area contributed by atoms with Gasteiger partial charge in [-0.15, -0.1) is 11.3 Å². The van der Waals surface area contributed by atoms with E-state index in [1.54, 1.807) is 18.2 Å². The van der Waals surface area contributed by atoms with Crippen molar-refractivity contribution in [3.63, 3.8) is 0 Å². The molecule has 5 nitrogen and oxygen atoms in total. The lowest BCUT2D eigenvalue weighted by atomic mass is 10.2. The van der Waals surface area contributed by atoms with Crippen molar-refractivity contribution in [1.82, 2.24) is 0 Å². The zero-order valence-electron chi connectivity index (χ0n) is 13.3. The fourth-order valence-corrected chi connectivity index (χ4v) is 4.38. The summed E-state index contributed by atoms with van der Waals surface area (Å²) in [5.74, 6) is -1.17. The summed E-state index contributed by atoms with van der Waals surface area (Å²) >= 11 is 1.03. The van der Waals surface area contributed by atoms with Gasteiger partial charge in [-0.1, -0.05) is 48.0 Å². The number of aryl methyl sites for hydroxylation is 1. The van der Waals surface area contributed by atoms with Gasteiger partial charge in [-0.3, -0.25) is 4.72 Å². The Labute approximate surface area is 149 Å². The van der Waals surface area contributed by atoms with Gasteiger partial charge in [0.2, 0.25) is 0 Å². The van der Waals surface area contributed by atoms with E-state index in [4.69, 9.17) is 0 Å². The van der Waals surface area contributed by atoms with Gasteiger partial charge in [0.05, 0.1) is 10.6 Å². The molecule has 25 heavy (non-hydrogen) atoms. The summed E-state index contributed by atoms with van der Waals surface area (Å²) in [7, 11) is -3.86. The number of carbonyl (C=O) groups is 1. The molecule has 1 aromatic heterocycles. The van der Waals surface area contributed by atoms with Crippen LogP contribution in [0.1, 0.15) is 15.2 Å². The number of thiophene rings is 1. The van der Waals surface area contributed by atoms with E-state index in [0.717, 1.165) is 22.5 Å². The largest absolute Gasteiger partial charge is 0.477 e. The molecule has 7 heteroatoms. The smallest absolute Gasteiger partial charge is 0.348 e. The van der Waals surface area contributed by atoms with E-state index in [9.17, 15) is 18.3 Å². The van der Waals surface area contributed by atoms with E-state index in [1.165, 1.54) is 12.1 Å². The number of sulfonamides is 1. The summed E-state index contributed by atoms with van der Waals surface area (Å²) in [6.45, 7) is 1.86. The molecule has 3 rings (SSSR count). The standard InChI is InChI=1S/C18H15NO4S2/c1-12-7-9-14(10-8-12)25(22,23)19-15-11-16(24-17(15)18(20)21)13-5-3-2-4-6-13/h2-11,19H,1H3,(H,20,21). The van der Waals surface area contributed by atoms with Crippen LogP contribution in [0.4, 0.5) is 5.69 Å². The highest BCUT2D eigenvalue weighted by molar-refractivity contribution is 7.92. The third kappa shape index (κ3) is 3.72. The third-order valence-corrected chi connectivity index (χ3v) is 6.11. The molecule has 0 spiro atoms. The van der Waals surface area contributed by atoms with Crippen LogP contribution in [0.5, 0.6) is 0 Å². The van der Waals surface area contributed by atoms with E-state index < -0.39 is 16.0 Å². The summed E-state index contributed by atoms with van der Waals surface area (Å²) in [6, 6.07) is 17.1. The minimum absolute atomic E-state index is 0.0467. The van der Waals surface area contributed by atoms with Crippen molar-refractivity contribution in [1.29, 1.82) is 0 Å². The molecule has 3 aromatic rings. The van der Waals surface area contributed by atoms with Crippen molar-refractivity contribution in [3.8, 4) is 10.4 Å². The molecule has 0 radical (unpaired) electrons. The Morgan fingerprint density at radius 2 is 1.68 bits per heavy atom. The van der Waals surface area contributed by atoms with Gasteiger partial charge >= 0.3 is 5.97 Å². The molecule has 0 aliphatic rings. The third-order valence-electron chi connectivity index (χ3n) is 3.56. The van der Waals surface area contributed by atoms with Gasteiger partial charge in [0, 0.05) is 4.88 Å². The van der Waals surface area contributed by atoms with Gasteiger partial charge < -0.3 is 5.11 Å². The average molecular weight is 373 g/mol. The molecule has 0 atom stereocenters. The minimum atomic E-state index is -3.86. The van der Waals surface area contributed by atoms with Gasteiger partial charge in [-0.05, 0) is 30.7 Å². The molecule has 0 amide bonds. The Kier molecular flexibility index (Phi) is 4.61. The fraction of sp³-hybridized carbons (Fsp3) is 0.0556. The van der Waals surface area contributed by atoms with E-state index in [2.05, 4.69) is 4.72 Å². The summed E-state index contributed by atoms with van der Waals surface area (Å²) in [6.07, 6.45) is 0. The second-order valence-electron chi connectivity index (χ2n) is 5.44. The molecule has 1 heterocycles. The van der Waals surface area contributed by atoms with Crippen LogP contribution < -0.4 is 4.72 Å². The molecule has 2 aromatic carbocycles. The van der Waals surface area contributed by atoms with Crippen LogP contribution in [-0.4, -0.2) is 19.5 Å². The fourth-order valence-electron chi connectivity index (χ4n) is 2.29. The Morgan fingerprint density at radius 3 is 2.28 bits per heavy atom. The molecule has 128 valence electrons. The van der Waals surface area contributed by atoms with Crippen LogP contribution in [0.2, 0.25) is 0 Å². The zero-order valence-corrected chi connectivity index (χ0v) is 14.9. The Bertz CT molecular complexity index is 1010. The lowest BCUT2D eigenvalue weighted by Crippen LogP contribution is -2.14. The number of hydrogen-bond acceptors (Lipinski definition) is 4. The Balaban J connectivity index is 2.00. The normalized spacial score (nSPS) is 11.2. The van der Waals surface area contributed by atoms with Crippen LogP contribution in [0.15, 0.2) is 65.6 Å². The Morgan fingerprint density at radius 1 is 1.04 bits per heavy atom. The van der Waals surface area contributed by atoms with Gasteiger partial charge in [0.15, 0.2) is 0 Å². The van der Waals surface area contributed by atoms with Crippen LogP contribution in [0, 0.1) is 6.92 Å². The molecular formula is C18H15NO4S2. The first-order chi connectivity index (χ1) is 11.9. The SMILES string of the molecule is Cc1ccc(S(=O)(=O)Nc2cc(-c3ccccc3)sc2C(=O)O)cc1. The van der Waals surface area contributed by atoms with Crippen LogP contribution in [-0.2, 0) is 10.0 Å². The molecule has 0 fully saturated rings. The monoisotopic (exact) mass is 373 g/mol. The lowest BCUT2D eigenvalue weighted by molar-refractivity contribution is 0.0703. The Hall–Kier alpha value is -2.64. The summed E-state index contributed by atoms with van der Waals surface area (Å²) < 4.78 is 27.5. The topological polar surface area (TPSA) is 83.5 Å². The van der Waals surface area contributed by atoms with Crippen molar-refractivity contribution >= 4 is 33.0 Å². The van der Waals surface area contributed by atoms with Crippen molar-refractivity contribution in [2.75, 3.05) is 4.72 Å². The number of aromatic carboxylic acids is 1. The van der Waals surface area contributed by atoms with E-state index in [1.807, 2.05) is 37.3 Å². The zero-order chi connectivity index (χ0) is 18.0. The molecule has 0 saturated heterocycles. The highest BCUT2D eigenvalue weighted by Gasteiger charge is 2.22. The quantitative estimate of drug-likeness (QED) is 0.701. The highest BCUT2D eigenvalue weighted by atomic mass is 32.2. The number of carboxylic acids is 1. The number of hydrogen-bond donors (Lipinski definition) is 2. The van der Waals surface area contributed by atoms with Gasteiger partial charge in [-0.2, -0.15) is 0 Å². The van der Waals surface area contributed by atoms with Crippen LogP contribution in [0.25, 0.3) is 10.4 Å². The number of nitrogens with one attached hydrogen (secondary N) is 1.